The van der Waals surface area contributed by atoms with E-state index in [0.717, 1.165) is 6.42 Å². The summed E-state index contributed by atoms with van der Waals surface area (Å²) in [7, 11) is 0. The summed E-state index contributed by atoms with van der Waals surface area (Å²) in [4.78, 5) is 9.55. The average Bonchev–Trinajstić information content (AvgIpc) is 2.82. The molecule has 0 aromatic carbocycles. The Morgan fingerprint density at radius 1 is 1.44 bits per heavy atom. The molecule has 0 saturated heterocycles. The second kappa shape index (κ2) is 5.27. The molecule has 1 atom stereocenters. The Hall–Kier alpha value is -1.13. The van der Waals surface area contributed by atoms with Crippen LogP contribution in [0.5, 0.6) is 0 Å². The summed E-state index contributed by atoms with van der Waals surface area (Å²) in [6.45, 7) is 2.13. The van der Waals surface area contributed by atoms with Crippen LogP contribution in [0.25, 0.3) is 0 Å². The first-order valence-corrected chi connectivity index (χ1v) is 6.33. The van der Waals surface area contributed by atoms with Gasteiger partial charge in [0, 0.05) is 4.88 Å². The van der Waals surface area contributed by atoms with Gasteiger partial charge in [-0.3, -0.25) is 0 Å². The van der Waals surface area contributed by atoms with E-state index in [9.17, 15) is 0 Å². The molecule has 16 heavy (non-hydrogen) atoms. The molecule has 0 radical (unpaired) electrons. The standard InChI is InChI=1S/C11H12ClN3S/c1-2-9(10-4-3-5-16-10)15-11-13-6-8(12)7-14-11/h3-7,9H,2H2,1H3,(H,13,14,15). The van der Waals surface area contributed by atoms with E-state index in [2.05, 4.69) is 33.7 Å². The zero-order chi connectivity index (χ0) is 11.4. The summed E-state index contributed by atoms with van der Waals surface area (Å²) >= 11 is 7.46. The maximum atomic E-state index is 5.73. The van der Waals surface area contributed by atoms with Crippen LogP contribution in [0.2, 0.25) is 5.02 Å². The Morgan fingerprint density at radius 2 is 2.19 bits per heavy atom. The number of anilines is 1. The Bertz CT molecular complexity index is 427. The molecule has 0 aliphatic rings. The van der Waals surface area contributed by atoms with E-state index < -0.39 is 0 Å². The minimum Gasteiger partial charge on any atom is -0.347 e. The van der Waals surface area contributed by atoms with Gasteiger partial charge in [0.25, 0.3) is 0 Å². The Kier molecular flexibility index (Phi) is 3.74. The van der Waals surface area contributed by atoms with Gasteiger partial charge in [-0.2, -0.15) is 0 Å². The highest BCUT2D eigenvalue weighted by Gasteiger charge is 2.10. The molecule has 0 aliphatic carbocycles. The highest BCUT2D eigenvalue weighted by Crippen LogP contribution is 2.24. The minimum absolute atomic E-state index is 0.265. The number of hydrogen-bond donors (Lipinski definition) is 1. The second-order valence-corrected chi connectivity index (χ2v) is 4.76. The van der Waals surface area contributed by atoms with Gasteiger partial charge in [-0.1, -0.05) is 24.6 Å². The van der Waals surface area contributed by atoms with Crippen LogP contribution in [-0.4, -0.2) is 9.97 Å². The molecule has 2 rings (SSSR count). The lowest BCUT2D eigenvalue weighted by atomic mass is 10.2. The zero-order valence-electron chi connectivity index (χ0n) is 8.85. The van der Waals surface area contributed by atoms with Gasteiger partial charge < -0.3 is 5.32 Å². The SMILES string of the molecule is CCC(Nc1ncc(Cl)cn1)c1cccs1. The molecular formula is C11H12ClN3S. The molecule has 3 nitrogen and oxygen atoms in total. The van der Waals surface area contributed by atoms with Crippen molar-refractivity contribution in [3.05, 3.63) is 39.8 Å². The molecule has 2 aromatic rings. The van der Waals surface area contributed by atoms with Crippen LogP contribution in [0.3, 0.4) is 0 Å². The fourth-order valence-electron chi connectivity index (χ4n) is 1.41. The number of halogens is 1. The highest BCUT2D eigenvalue weighted by molar-refractivity contribution is 7.10. The van der Waals surface area contributed by atoms with E-state index >= 15 is 0 Å². The van der Waals surface area contributed by atoms with Gasteiger partial charge in [0.1, 0.15) is 0 Å². The number of nitrogens with one attached hydrogen (secondary N) is 1. The summed E-state index contributed by atoms with van der Waals surface area (Å²) in [5.41, 5.74) is 0. The van der Waals surface area contributed by atoms with Crippen molar-refractivity contribution in [3.8, 4) is 0 Å². The molecule has 0 saturated carbocycles. The Labute approximate surface area is 104 Å². The summed E-state index contributed by atoms with van der Waals surface area (Å²) in [5, 5.41) is 5.91. The first kappa shape index (κ1) is 11.4. The van der Waals surface area contributed by atoms with E-state index in [-0.39, 0.29) is 6.04 Å². The maximum Gasteiger partial charge on any atom is 0.223 e. The maximum absolute atomic E-state index is 5.73. The molecule has 84 valence electrons. The normalized spacial score (nSPS) is 12.4. The molecule has 0 amide bonds. The molecule has 1 N–H and O–H groups in total. The van der Waals surface area contributed by atoms with Crippen molar-refractivity contribution in [3.63, 3.8) is 0 Å². The van der Waals surface area contributed by atoms with Gasteiger partial charge >= 0.3 is 0 Å². The minimum atomic E-state index is 0.265. The van der Waals surface area contributed by atoms with Crippen molar-refractivity contribution in [1.82, 2.24) is 9.97 Å². The van der Waals surface area contributed by atoms with Crippen molar-refractivity contribution >= 4 is 28.9 Å². The first-order valence-electron chi connectivity index (χ1n) is 5.07. The quantitative estimate of drug-likeness (QED) is 0.902. The van der Waals surface area contributed by atoms with Crippen LogP contribution in [-0.2, 0) is 0 Å². The van der Waals surface area contributed by atoms with E-state index in [0.29, 0.717) is 11.0 Å². The van der Waals surface area contributed by atoms with Gasteiger partial charge in [0.2, 0.25) is 5.95 Å². The third-order valence-electron chi connectivity index (χ3n) is 2.22. The lowest BCUT2D eigenvalue weighted by molar-refractivity contribution is 0.752. The van der Waals surface area contributed by atoms with Crippen LogP contribution in [0.15, 0.2) is 29.9 Å². The van der Waals surface area contributed by atoms with Crippen molar-refractivity contribution < 1.29 is 0 Å². The average molecular weight is 254 g/mol. The van der Waals surface area contributed by atoms with E-state index in [1.807, 2.05) is 6.07 Å². The highest BCUT2D eigenvalue weighted by atomic mass is 35.5. The monoisotopic (exact) mass is 253 g/mol. The van der Waals surface area contributed by atoms with Gasteiger partial charge in [-0.15, -0.1) is 11.3 Å². The molecule has 0 bridgehead atoms. The number of thiophene rings is 1. The van der Waals surface area contributed by atoms with E-state index in [1.54, 1.807) is 23.7 Å². The van der Waals surface area contributed by atoms with E-state index in [1.165, 1.54) is 4.88 Å². The lowest BCUT2D eigenvalue weighted by Crippen LogP contribution is -2.10. The van der Waals surface area contributed by atoms with Crippen LogP contribution in [0.4, 0.5) is 5.95 Å². The van der Waals surface area contributed by atoms with Crippen LogP contribution >= 0.6 is 22.9 Å². The van der Waals surface area contributed by atoms with Crippen molar-refractivity contribution in [1.29, 1.82) is 0 Å². The topological polar surface area (TPSA) is 37.8 Å². The predicted molar refractivity (Wildman–Crippen MR) is 68.0 cm³/mol. The molecule has 2 aromatic heterocycles. The zero-order valence-corrected chi connectivity index (χ0v) is 10.4. The number of aromatic nitrogens is 2. The summed E-state index contributed by atoms with van der Waals surface area (Å²) in [6.07, 6.45) is 4.18. The van der Waals surface area contributed by atoms with Crippen LogP contribution in [0.1, 0.15) is 24.3 Å². The van der Waals surface area contributed by atoms with E-state index in [4.69, 9.17) is 11.6 Å². The van der Waals surface area contributed by atoms with Gasteiger partial charge in [-0.25, -0.2) is 9.97 Å². The fraction of sp³-hybridized carbons (Fsp3) is 0.273. The smallest absolute Gasteiger partial charge is 0.223 e. The molecule has 0 spiro atoms. The van der Waals surface area contributed by atoms with Crippen molar-refractivity contribution in [2.45, 2.75) is 19.4 Å². The Morgan fingerprint density at radius 3 is 2.75 bits per heavy atom. The first-order chi connectivity index (χ1) is 7.79. The molecule has 5 heteroatoms. The molecule has 0 fully saturated rings. The summed E-state index contributed by atoms with van der Waals surface area (Å²) < 4.78 is 0. The van der Waals surface area contributed by atoms with Crippen molar-refractivity contribution in [2.75, 3.05) is 5.32 Å². The Balaban J connectivity index is 2.10. The van der Waals surface area contributed by atoms with Crippen LogP contribution < -0.4 is 5.32 Å². The predicted octanol–water partition coefficient (Wildman–Crippen LogP) is 3.75. The van der Waals surface area contributed by atoms with Gasteiger partial charge in [0.05, 0.1) is 23.5 Å². The lowest BCUT2D eigenvalue weighted by Gasteiger charge is -2.14. The number of nitrogens with zero attached hydrogens (tertiary/aromatic N) is 2. The van der Waals surface area contributed by atoms with Crippen LogP contribution in [0, 0.1) is 0 Å². The molecule has 0 aliphatic heterocycles. The third-order valence-corrected chi connectivity index (χ3v) is 3.40. The third kappa shape index (κ3) is 2.71. The molecular weight excluding hydrogens is 242 g/mol. The molecule has 1 unspecified atom stereocenters. The fourth-order valence-corrected chi connectivity index (χ4v) is 2.37. The van der Waals surface area contributed by atoms with Gasteiger partial charge in [0.15, 0.2) is 0 Å². The largest absolute Gasteiger partial charge is 0.347 e. The summed E-state index contributed by atoms with van der Waals surface area (Å²) in [6, 6.07) is 4.43. The molecule has 2 heterocycles. The van der Waals surface area contributed by atoms with Crippen molar-refractivity contribution in [2.24, 2.45) is 0 Å². The second-order valence-electron chi connectivity index (χ2n) is 3.35. The summed E-state index contributed by atoms with van der Waals surface area (Å²) in [5.74, 6) is 0.615. The number of rotatable bonds is 4. The number of hydrogen-bond acceptors (Lipinski definition) is 4. The van der Waals surface area contributed by atoms with Gasteiger partial charge in [-0.05, 0) is 17.9 Å².